The second-order valence-electron chi connectivity index (χ2n) is 7.45. The lowest BCUT2D eigenvalue weighted by molar-refractivity contribution is -0.132. The van der Waals surface area contributed by atoms with E-state index in [1.54, 1.807) is 40.9 Å². The van der Waals surface area contributed by atoms with Crippen molar-refractivity contribution >= 4 is 27.7 Å². The zero-order valence-electron chi connectivity index (χ0n) is 17.0. The molecule has 29 heavy (non-hydrogen) atoms. The molecule has 0 bridgehead atoms. The lowest BCUT2D eigenvalue weighted by atomic mass is 9.90. The molecule has 0 spiro atoms. The molecule has 0 aromatic heterocycles. The van der Waals surface area contributed by atoms with E-state index < -0.39 is 10.0 Å². The molecule has 2 aromatic rings. The molecule has 5 nitrogen and oxygen atoms in total. The van der Waals surface area contributed by atoms with Crippen molar-refractivity contribution in [3.8, 4) is 0 Å². The van der Waals surface area contributed by atoms with E-state index in [0.29, 0.717) is 19.0 Å². The van der Waals surface area contributed by atoms with E-state index in [1.807, 2.05) is 12.3 Å². The monoisotopic (exact) mass is 432 g/mol. The van der Waals surface area contributed by atoms with Crippen molar-refractivity contribution in [2.24, 2.45) is 5.92 Å². The number of thioether (sulfide) groups is 1. The Labute approximate surface area is 178 Å². The minimum Gasteiger partial charge on any atom is -0.342 e. The normalized spacial score (nSPS) is 15.6. The van der Waals surface area contributed by atoms with Crippen molar-refractivity contribution in [1.82, 2.24) is 9.21 Å². The van der Waals surface area contributed by atoms with E-state index in [2.05, 4.69) is 24.3 Å². The Morgan fingerprint density at radius 1 is 1.07 bits per heavy atom. The summed E-state index contributed by atoms with van der Waals surface area (Å²) in [4.78, 5) is 15.7. The lowest BCUT2D eigenvalue weighted by Gasteiger charge is -2.33. The molecule has 1 saturated heterocycles. The molecule has 0 atom stereocenters. The molecule has 1 amide bonds. The van der Waals surface area contributed by atoms with Crippen molar-refractivity contribution in [3.63, 3.8) is 0 Å². The highest BCUT2D eigenvalue weighted by Gasteiger charge is 2.27. The molecule has 1 fully saturated rings. The van der Waals surface area contributed by atoms with Gasteiger partial charge in [-0.1, -0.05) is 30.3 Å². The summed E-state index contributed by atoms with van der Waals surface area (Å²) in [5, 5.41) is 0. The molecular weight excluding hydrogens is 404 g/mol. The molecule has 7 heteroatoms. The number of likely N-dealkylation sites (N-methyl/N-ethyl adjacent to an activating group) is 1. The summed E-state index contributed by atoms with van der Waals surface area (Å²) in [6, 6.07) is 17.2. The van der Waals surface area contributed by atoms with Crippen molar-refractivity contribution < 1.29 is 13.2 Å². The largest absolute Gasteiger partial charge is 0.342 e. The third kappa shape index (κ3) is 5.62. The van der Waals surface area contributed by atoms with Crippen LogP contribution in [0.5, 0.6) is 0 Å². The lowest BCUT2D eigenvalue weighted by Crippen LogP contribution is -2.44. The molecule has 156 valence electrons. The van der Waals surface area contributed by atoms with Crippen LogP contribution in [-0.4, -0.2) is 56.5 Å². The number of likely N-dealkylation sites (tertiary alicyclic amines) is 1. The molecule has 1 aliphatic heterocycles. The van der Waals surface area contributed by atoms with Gasteiger partial charge in [0, 0.05) is 25.0 Å². The van der Waals surface area contributed by atoms with Crippen LogP contribution in [0.1, 0.15) is 18.4 Å². The van der Waals surface area contributed by atoms with Gasteiger partial charge in [-0.2, -0.15) is 4.31 Å². The molecule has 2 aromatic carbocycles. The molecule has 1 heterocycles. The number of piperidine rings is 1. The Morgan fingerprint density at radius 3 is 2.28 bits per heavy atom. The summed E-state index contributed by atoms with van der Waals surface area (Å²) in [5.74, 6) is 0.438. The minimum absolute atomic E-state index is 0.129. The molecule has 3 rings (SSSR count). The van der Waals surface area contributed by atoms with Crippen molar-refractivity contribution in [1.29, 1.82) is 0 Å². The fraction of sp³-hybridized carbons (Fsp3) is 0.409. The van der Waals surface area contributed by atoms with Crippen LogP contribution in [0.15, 0.2) is 64.4 Å². The highest BCUT2D eigenvalue weighted by molar-refractivity contribution is 7.98. The summed E-state index contributed by atoms with van der Waals surface area (Å²) in [6.07, 6.45) is 4.88. The highest BCUT2D eigenvalue weighted by Crippen LogP contribution is 2.23. The molecule has 0 aliphatic carbocycles. The van der Waals surface area contributed by atoms with E-state index in [-0.39, 0.29) is 17.3 Å². The predicted molar refractivity (Wildman–Crippen MR) is 117 cm³/mol. The van der Waals surface area contributed by atoms with Gasteiger partial charge in [0.25, 0.3) is 0 Å². The van der Waals surface area contributed by atoms with Crippen LogP contribution in [0.25, 0.3) is 0 Å². The van der Waals surface area contributed by atoms with Crippen LogP contribution in [-0.2, 0) is 21.2 Å². The quantitative estimate of drug-likeness (QED) is 0.628. The van der Waals surface area contributed by atoms with Crippen LogP contribution in [0, 0.1) is 5.92 Å². The van der Waals surface area contributed by atoms with Crippen molar-refractivity contribution in [3.05, 3.63) is 60.2 Å². The zero-order valence-corrected chi connectivity index (χ0v) is 18.6. The number of rotatable bonds is 7. The van der Waals surface area contributed by atoms with E-state index >= 15 is 0 Å². The maximum atomic E-state index is 12.8. The first-order chi connectivity index (χ1) is 13.9. The van der Waals surface area contributed by atoms with Gasteiger partial charge in [-0.25, -0.2) is 8.42 Å². The first-order valence-electron chi connectivity index (χ1n) is 9.82. The second-order valence-corrected chi connectivity index (χ2v) is 10.4. The average Bonchev–Trinajstić information content (AvgIpc) is 2.75. The molecule has 0 N–H and O–H groups in total. The molecule has 0 saturated carbocycles. The molecule has 0 unspecified atom stereocenters. The standard InChI is InChI=1S/C22H28N2O3S2/c1-23(29(26,27)21-10-8-20(28-2)9-11-21)17-22(25)24-14-12-19(13-15-24)16-18-6-4-3-5-7-18/h3-11,19H,12-17H2,1-2H3. The average molecular weight is 433 g/mol. The van der Waals surface area contributed by atoms with E-state index in [9.17, 15) is 13.2 Å². The Hall–Kier alpha value is -1.83. The van der Waals surface area contributed by atoms with Gasteiger partial charge in [-0.05, 0) is 61.3 Å². The van der Waals surface area contributed by atoms with Gasteiger partial charge in [0.05, 0.1) is 11.4 Å². The second kappa shape index (κ2) is 9.78. The summed E-state index contributed by atoms with van der Waals surface area (Å²) in [6.45, 7) is 1.25. The molecule has 0 radical (unpaired) electrons. The molecular formula is C22H28N2O3S2. The number of sulfonamides is 1. The Kier molecular flexibility index (Phi) is 7.38. The SMILES string of the molecule is CSc1ccc(S(=O)(=O)N(C)CC(=O)N2CCC(Cc3ccccc3)CC2)cc1. The van der Waals surface area contributed by atoms with Crippen molar-refractivity contribution in [2.45, 2.75) is 29.1 Å². The van der Waals surface area contributed by atoms with Crippen molar-refractivity contribution in [2.75, 3.05) is 32.9 Å². The fourth-order valence-corrected chi connectivity index (χ4v) is 5.17. The molecule has 1 aliphatic rings. The van der Waals surface area contributed by atoms with Crippen LogP contribution in [0.3, 0.4) is 0 Å². The van der Waals surface area contributed by atoms with Crippen LogP contribution in [0.2, 0.25) is 0 Å². The summed E-state index contributed by atoms with van der Waals surface area (Å²) >= 11 is 1.56. The van der Waals surface area contributed by atoms with E-state index in [4.69, 9.17) is 0 Å². The van der Waals surface area contributed by atoms with E-state index in [0.717, 1.165) is 28.5 Å². The third-order valence-electron chi connectivity index (χ3n) is 5.46. The Morgan fingerprint density at radius 2 is 1.69 bits per heavy atom. The predicted octanol–water partition coefficient (Wildman–Crippen LogP) is 3.51. The summed E-state index contributed by atoms with van der Waals surface area (Å²) in [5.41, 5.74) is 1.33. The smallest absolute Gasteiger partial charge is 0.243 e. The summed E-state index contributed by atoms with van der Waals surface area (Å²) in [7, 11) is -2.20. The number of carbonyl (C=O) groups is 1. The zero-order chi connectivity index (χ0) is 20.9. The van der Waals surface area contributed by atoms with Gasteiger partial charge in [0.2, 0.25) is 15.9 Å². The first-order valence-corrected chi connectivity index (χ1v) is 12.5. The number of hydrogen-bond acceptors (Lipinski definition) is 4. The van der Waals surface area contributed by atoms with Gasteiger partial charge in [-0.3, -0.25) is 4.79 Å². The van der Waals surface area contributed by atoms with E-state index in [1.165, 1.54) is 12.6 Å². The van der Waals surface area contributed by atoms with Crippen LogP contribution < -0.4 is 0 Å². The number of benzene rings is 2. The fourth-order valence-electron chi connectivity index (χ4n) is 3.64. The number of hydrogen-bond donors (Lipinski definition) is 0. The minimum atomic E-state index is -3.67. The highest BCUT2D eigenvalue weighted by atomic mass is 32.2. The van der Waals surface area contributed by atoms with Gasteiger partial charge >= 0.3 is 0 Å². The maximum Gasteiger partial charge on any atom is 0.243 e. The van der Waals surface area contributed by atoms with Crippen LogP contribution in [0.4, 0.5) is 0 Å². The summed E-state index contributed by atoms with van der Waals surface area (Å²) < 4.78 is 26.7. The van der Waals surface area contributed by atoms with Crippen LogP contribution >= 0.6 is 11.8 Å². The Balaban J connectivity index is 1.53. The Bertz CT molecular complexity index is 907. The number of nitrogens with zero attached hydrogens (tertiary/aromatic N) is 2. The third-order valence-corrected chi connectivity index (χ3v) is 8.02. The van der Waals surface area contributed by atoms with Gasteiger partial charge in [-0.15, -0.1) is 11.8 Å². The van der Waals surface area contributed by atoms with Gasteiger partial charge in [0.1, 0.15) is 0 Å². The van der Waals surface area contributed by atoms with Gasteiger partial charge in [0.15, 0.2) is 0 Å². The topological polar surface area (TPSA) is 57.7 Å². The van der Waals surface area contributed by atoms with Gasteiger partial charge < -0.3 is 4.90 Å². The number of carbonyl (C=O) groups excluding carboxylic acids is 1. The maximum absolute atomic E-state index is 12.8. The first kappa shape index (κ1) is 21.9. The number of amides is 1.